The number of aromatic nitrogens is 2. The van der Waals surface area contributed by atoms with E-state index in [1.807, 2.05) is 4.68 Å². The third kappa shape index (κ3) is 3.47. The minimum atomic E-state index is -0.0354. The largest absolute Gasteiger partial charge is 0.383 e. The molecule has 0 aromatic carbocycles. The molecule has 1 heterocycles. The second-order valence-corrected chi connectivity index (χ2v) is 4.25. The molecule has 0 fully saturated rings. The first kappa shape index (κ1) is 13.5. The molecule has 5 heteroatoms. The Morgan fingerprint density at radius 1 is 1.62 bits per heavy atom. The van der Waals surface area contributed by atoms with E-state index in [4.69, 9.17) is 22.1 Å². The maximum atomic E-state index is 6.11. The monoisotopic (exact) mass is 245 g/mol. The van der Waals surface area contributed by atoms with Gasteiger partial charge in [0.1, 0.15) is 0 Å². The molecule has 0 aliphatic rings. The van der Waals surface area contributed by atoms with Crippen LogP contribution in [0.15, 0.2) is 6.20 Å². The normalized spacial score (nSPS) is 13.0. The summed E-state index contributed by atoms with van der Waals surface area (Å²) in [4.78, 5) is 0. The van der Waals surface area contributed by atoms with Gasteiger partial charge in [-0.25, -0.2) is 0 Å². The van der Waals surface area contributed by atoms with Gasteiger partial charge in [0.2, 0.25) is 0 Å². The van der Waals surface area contributed by atoms with E-state index < -0.39 is 0 Å². The summed E-state index contributed by atoms with van der Waals surface area (Å²) in [6, 6.07) is -0.0354. The van der Waals surface area contributed by atoms with E-state index in [1.165, 1.54) is 0 Å². The van der Waals surface area contributed by atoms with Crippen LogP contribution >= 0.6 is 11.6 Å². The Kier molecular flexibility index (Phi) is 5.80. The van der Waals surface area contributed by atoms with Crippen molar-refractivity contribution in [1.82, 2.24) is 9.78 Å². The Labute approximate surface area is 102 Å². The van der Waals surface area contributed by atoms with Crippen molar-refractivity contribution in [2.45, 2.75) is 38.8 Å². The van der Waals surface area contributed by atoms with Crippen molar-refractivity contribution in [3.05, 3.63) is 16.9 Å². The molecule has 0 aliphatic heterocycles. The van der Waals surface area contributed by atoms with Crippen LogP contribution in [0.5, 0.6) is 0 Å². The van der Waals surface area contributed by atoms with Crippen LogP contribution in [0.4, 0.5) is 0 Å². The van der Waals surface area contributed by atoms with Gasteiger partial charge in [-0.2, -0.15) is 5.10 Å². The van der Waals surface area contributed by atoms with Gasteiger partial charge in [-0.3, -0.25) is 4.68 Å². The zero-order valence-electron chi connectivity index (χ0n) is 9.95. The highest BCUT2D eigenvalue weighted by Gasteiger charge is 2.16. The number of rotatable bonds is 7. The predicted molar refractivity (Wildman–Crippen MR) is 65.6 cm³/mol. The smallest absolute Gasteiger partial charge is 0.0834 e. The minimum Gasteiger partial charge on any atom is -0.383 e. The average molecular weight is 246 g/mol. The molecule has 0 saturated carbocycles. The van der Waals surface area contributed by atoms with Gasteiger partial charge in [-0.1, -0.05) is 31.4 Å². The van der Waals surface area contributed by atoms with Crippen LogP contribution in [0, 0.1) is 0 Å². The highest BCUT2D eigenvalue weighted by Crippen LogP contribution is 2.24. The van der Waals surface area contributed by atoms with E-state index >= 15 is 0 Å². The molecular formula is C11H20ClN3O. The second-order valence-electron chi connectivity index (χ2n) is 3.84. The lowest BCUT2D eigenvalue weighted by Crippen LogP contribution is -2.18. The number of halogens is 1. The van der Waals surface area contributed by atoms with E-state index in [0.29, 0.717) is 18.2 Å². The molecule has 92 valence electrons. The maximum absolute atomic E-state index is 6.11. The van der Waals surface area contributed by atoms with Gasteiger partial charge < -0.3 is 10.5 Å². The summed E-state index contributed by atoms with van der Waals surface area (Å²) in [5, 5.41) is 4.86. The summed E-state index contributed by atoms with van der Waals surface area (Å²) >= 11 is 6.09. The fourth-order valence-corrected chi connectivity index (χ4v) is 1.94. The van der Waals surface area contributed by atoms with Crippen molar-refractivity contribution in [2.24, 2.45) is 5.73 Å². The molecule has 0 aliphatic carbocycles. The lowest BCUT2D eigenvalue weighted by atomic mass is 10.1. The van der Waals surface area contributed by atoms with Crippen LogP contribution in [0.25, 0.3) is 0 Å². The lowest BCUT2D eigenvalue weighted by molar-refractivity contribution is 0.182. The van der Waals surface area contributed by atoms with Gasteiger partial charge in [0.15, 0.2) is 0 Å². The molecule has 0 amide bonds. The first-order valence-corrected chi connectivity index (χ1v) is 6.04. The fourth-order valence-electron chi connectivity index (χ4n) is 1.66. The van der Waals surface area contributed by atoms with Gasteiger partial charge in [-0.15, -0.1) is 0 Å². The number of unbranched alkanes of at least 4 members (excludes halogenated alkanes) is 1. The molecule has 0 radical (unpaired) electrons. The first-order valence-electron chi connectivity index (χ1n) is 5.66. The molecule has 1 aromatic heterocycles. The SMILES string of the molecule is CCCCC(N)c1c(Cl)cnn1CCOC. The van der Waals surface area contributed by atoms with Gasteiger partial charge in [-0.05, 0) is 6.42 Å². The standard InChI is InChI=1S/C11H20ClN3O/c1-3-4-5-10(13)11-9(12)8-14-15(11)6-7-16-2/h8,10H,3-7,13H2,1-2H3. The van der Waals surface area contributed by atoms with Gasteiger partial charge >= 0.3 is 0 Å². The summed E-state index contributed by atoms with van der Waals surface area (Å²) in [5.41, 5.74) is 7.04. The van der Waals surface area contributed by atoms with Crippen molar-refractivity contribution in [1.29, 1.82) is 0 Å². The van der Waals surface area contributed by atoms with Gasteiger partial charge in [0.05, 0.1) is 30.1 Å². The molecule has 2 N–H and O–H groups in total. The van der Waals surface area contributed by atoms with Crippen molar-refractivity contribution >= 4 is 11.6 Å². The fraction of sp³-hybridized carbons (Fsp3) is 0.727. The molecule has 16 heavy (non-hydrogen) atoms. The van der Waals surface area contributed by atoms with Gasteiger partial charge in [0, 0.05) is 13.2 Å². The summed E-state index contributed by atoms with van der Waals surface area (Å²) in [5.74, 6) is 0. The highest BCUT2D eigenvalue weighted by molar-refractivity contribution is 6.31. The number of ether oxygens (including phenoxy) is 1. The Morgan fingerprint density at radius 3 is 3.00 bits per heavy atom. The average Bonchev–Trinajstić information content (AvgIpc) is 2.64. The second kappa shape index (κ2) is 6.89. The van der Waals surface area contributed by atoms with Crippen LogP contribution in [0.1, 0.15) is 37.9 Å². The van der Waals surface area contributed by atoms with E-state index in [2.05, 4.69) is 12.0 Å². The molecule has 0 spiro atoms. The van der Waals surface area contributed by atoms with Crippen LogP contribution < -0.4 is 5.73 Å². The lowest BCUT2D eigenvalue weighted by Gasteiger charge is -2.14. The molecule has 1 unspecified atom stereocenters. The van der Waals surface area contributed by atoms with Crippen molar-refractivity contribution in [2.75, 3.05) is 13.7 Å². The number of nitrogens with zero attached hydrogens (tertiary/aromatic N) is 2. The Balaban J connectivity index is 2.71. The highest BCUT2D eigenvalue weighted by atomic mass is 35.5. The summed E-state index contributed by atoms with van der Waals surface area (Å²) in [6.07, 6.45) is 4.83. The molecule has 1 rings (SSSR count). The zero-order chi connectivity index (χ0) is 12.0. The first-order chi connectivity index (χ1) is 7.70. The van der Waals surface area contributed by atoms with Crippen LogP contribution in [0.2, 0.25) is 5.02 Å². The Bertz CT molecular complexity index is 314. The van der Waals surface area contributed by atoms with Crippen LogP contribution in [-0.2, 0) is 11.3 Å². The number of methoxy groups -OCH3 is 1. The predicted octanol–water partition coefficient (Wildman–Crippen LogP) is 2.37. The maximum Gasteiger partial charge on any atom is 0.0834 e. The molecule has 1 aromatic rings. The Morgan fingerprint density at radius 2 is 2.38 bits per heavy atom. The molecular weight excluding hydrogens is 226 g/mol. The number of nitrogens with two attached hydrogens (primary N) is 1. The van der Waals surface area contributed by atoms with Crippen molar-refractivity contribution < 1.29 is 4.74 Å². The van der Waals surface area contributed by atoms with Crippen molar-refractivity contribution in [3.8, 4) is 0 Å². The van der Waals surface area contributed by atoms with E-state index in [9.17, 15) is 0 Å². The molecule has 1 atom stereocenters. The number of hydrogen-bond donors (Lipinski definition) is 1. The van der Waals surface area contributed by atoms with Crippen LogP contribution in [0.3, 0.4) is 0 Å². The summed E-state index contributed by atoms with van der Waals surface area (Å²) in [7, 11) is 1.67. The number of hydrogen-bond acceptors (Lipinski definition) is 3. The van der Waals surface area contributed by atoms with Crippen molar-refractivity contribution in [3.63, 3.8) is 0 Å². The molecule has 0 bridgehead atoms. The Hall–Kier alpha value is -0.580. The quantitative estimate of drug-likeness (QED) is 0.803. The third-order valence-corrected chi connectivity index (χ3v) is 2.85. The minimum absolute atomic E-state index is 0.0354. The summed E-state index contributed by atoms with van der Waals surface area (Å²) < 4.78 is 6.87. The van der Waals surface area contributed by atoms with Gasteiger partial charge in [0.25, 0.3) is 0 Å². The molecule has 0 saturated heterocycles. The van der Waals surface area contributed by atoms with E-state index in [-0.39, 0.29) is 6.04 Å². The molecule has 4 nitrogen and oxygen atoms in total. The van der Waals surface area contributed by atoms with E-state index in [0.717, 1.165) is 25.0 Å². The van der Waals surface area contributed by atoms with E-state index in [1.54, 1.807) is 13.3 Å². The van der Waals surface area contributed by atoms with Crippen LogP contribution in [-0.4, -0.2) is 23.5 Å². The summed E-state index contributed by atoms with van der Waals surface area (Å²) in [6.45, 7) is 3.46. The zero-order valence-corrected chi connectivity index (χ0v) is 10.7. The topological polar surface area (TPSA) is 53.1 Å². The third-order valence-electron chi connectivity index (χ3n) is 2.56.